The van der Waals surface area contributed by atoms with Crippen molar-refractivity contribution in [1.82, 2.24) is 4.31 Å². The van der Waals surface area contributed by atoms with E-state index in [1.165, 1.54) is 4.31 Å². The summed E-state index contributed by atoms with van der Waals surface area (Å²) < 4.78 is 30.2. The van der Waals surface area contributed by atoms with Crippen LogP contribution in [0.15, 0.2) is 0 Å². The van der Waals surface area contributed by atoms with Gasteiger partial charge in [0.25, 0.3) is 0 Å². The van der Waals surface area contributed by atoms with Crippen molar-refractivity contribution >= 4 is 26.0 Å². The van der Waals surface area contributed by atoms with Gasteiger partial charge in [0.1, 0.15) is 0 Å². The molecule has 6 heteroatoms. The third-order valence-electron chi connectivity index (χ3n) is 1.89. The van der Waals surface area contributed by atoms with Crippen molar-refractivity contribution in [2.45, 2.75) is 20.3 Å². The minimum Gasteiger partial charge on any atom is -0.381 e. The van der Waals surface area contributed by atoms with Gasteiger partial charge in [-0.25, -0.2) is 12.7 Å². The van der Waals surface area contributed by atoms with E-state index in [1.54, 1.807) is 0 Å². The molecule has 0 amide bonds. The second kappa shape index (κ2) is 8.50. The molecule has 4 nitrogen and oxygen atoms in total. The highest BCUT2D eigenvalue weighted by Crippen LogP contribution is 2.04. The third-order valence-corrected chi connectivity index (χ3v) is 4.08. The van der Waals surface area contributed by atoms with Crippen LogP contribution in [0.3, 0.4) is 0 Å². The van der Waals surface area contributed by atoms with Gasteiger partial charge in [-0.1, -0.05) is 22.9 Å². The topological polar surface area (TPSA) is 46.6 Å². The summed E-state index contributed by atoms with van der Waals surface area (Å²) in [4.78, 5) is 0. The number of alkyl halides is 1. The molecule has 0 N–H and O–H groups in total. The molecule has 0 saturated heterocycles. The zero-order valence-corrected chi connectivity index (χ0v) is 11.8. The van der Waals surface area contributed by atoms with Gasteiger partial charge in [0, 0.05) is 25.0 Å². The van der Waals surface area contributed by atoms with Crippen LogP contribution in [-0.2, 0) is 14.8 Å². The molecule has 0 aliphatic carbocycles. The molecular weight excluding hydrogens is 282 g/mol. The number of hydrogen-bond donors (Lipinski definition) is 0. The van der Waals surface area contributed by atoms with Crippen molar-refractivity contribution in [2.24, 2.45) is 0 Å². The summed E-state index contributed by atoms with van der Waals surface area (Å²) in [5.41, 5.74) is 0. The van der Waals surface area contributed by atoms with E-state index in [9.17, 15) is 8.42 Å². The standard InChI is InChI=1S/C9H20BrNO3S/c1-3-6-11(7-5-10)15(12,13)9-8-14-4-2/h3-9H2,1-2H3. The van der Waals surface area contributed by atoms with Gasteiger partial charge >= 0.3 is 0 Å². The Balaban J connectivity index is 4.22. The Labute approximate surface area is 101 Å². The zero-order valence-electron chi connectivity index (χ0n) is 9.41. The van der Waals surface area contributed by atoms with Crippen LogP contribution in [0.2, 0.25) is 0 Å². The lowest BCUT2D eigenvalue weighted by Gasteiger charge is -2.20. The molecule has 0 aliphatic heterocycles. The van der Waals surface area contributed by atoms with Crippen molar-refractivity contribution < 1.29 is 13.2 Å². The summed E-state index contributed by atoms with van der Waals surface area (Å²) in [6, 6.07) is 0. The SMILES string of the molecule is CCCN(CCBr)S(=O)(=O)CCOCC. The van der Waals surface area contributed by atoms with E-state index >= 15 is 0 Å². The molecule has 92 valence electrons. The number of sulfonamides is 1. The normalized spacial score (nSPS) is 12.3. The van der Waals surface area contributed by atoms with Crippen LogP contribution in [0.4, 0.5) is 0 Å². The zero-order chi connectivity index (χ0) is 11.7. The fourth-order valence-corrected chi connectivity index (χ4v) is 3.25. The first-order chi connectivity index (χ1) is 7.08. The Morgan fingerprint density at radius 2 is 1.93 bits per heavy atom. The van der Waals surface area contributed by atoms with Crippen molar-refractivity contribution in [1.29, 1.82) is 0 Å². The second-order valence-electron chi connectivity index (χ2n) is 3.10. The van der Waals surface area contributed by atoms with E-state index in [0.717, 1.165) is 6.42 Å². The highest BCUT2D eigenvalue weighted by molar-refractivity contribution is 9.09. The molecule has 0 bridgehead atoms. The summed E-state index contributed by atoms with van der Waals surface area (Å²) in [5.74, 6) is 0.0772. The van der Waals surface area contributed by atoms with E-state index in [4.69, 9.17) is 4.74 Å². The van der Waals surface area contributed by atoms with Gasteiger partial charge in [-0.2, -0.15) is 0 Å². The lowest BCUT2D eigenvalue weighted by molar-refractivity contribution is 0.162. The maximum atomic E-state index is 11.8. The maximum absolute atomic E-state index is 11.8. The Hall–Kier alpha value is 0.350. The number of ether oxygens (including phenoxy) is 1. The van der Waals surface area contributed by atoms with E-state index in [1.807, 2.05) is 13.8 Å². The van der Waals surface area contributed by atoms with Gasteiger partial charge in [0.15, 0.2) is 0 Å². The predicted molar refractivity (Wildman–Crippen MR) is 65.9 cm³/mol. The molecule has 0 aromatic carbocycles. The summed E-state index contributed by atoms with van der Waals surface area (Å²) in [5, 5.41) is 0.668. The Morgan fingerprint density at radius 1 is 1.27 bits per heavy atom. The van der Waals surface area contributed by atoms with Crippen molar-refractivity contribution in [3.8, 4) is 0 Å². The summed E-state index contributed by atoms with van der Waals surface area (Å²) in [6.45, 7) is 5.78. The number of nitrogens with zero attached hydrogens (tertiary/aromatic N) is 1. The highest BCUT2D eigenvalue weighted by atomic mass is 79.9. The molecule has 0 fully saturated rings. The second-order valence-corrected chi connectivity index (χ2v) is 5.98. The van der Waals surface area contributed by atoms with Crippen molar-refractivity contribution in [3.05, 3.63) is 0 Å². The molecule has 15 heavy (non-hydrogen) atoms. The van der Waals surface area contributed by atoms with Crippen LogP contribution in [-0.4, -0.2) is 50.1 Å². The van der Waals surface area contributed by atoms with Gasteiger partial charge in [0.2, 0.25) is 10.0 Å². The van der Waals surface area contributed by atoms with Crippen LogP contribution in [0.1, 0.15) is 20.3 Å². The predicted octanol–water partition coefficient (Wildman–Crippen LogP) is 1.46. The van der Waals surface area contributed by atoms with Gasteiger partial charge < -0.3 is 4.74 Å². The highest BCUT2D eigenvalue weighted by Gasteiger charge is 2.19. The minimum absolute atomic E-state index is 0.0772. The van der Waals surface area contributed by atoms with E-state index in [0.29, 0.717) is 25.0 Å². The molecule has 0 aromatic rings. The molecule has 0 aromatic heterocycles. The smallest absolute Gasteiger partial charge is 0.216 e. The van der Waals surface area contributed by atoms with Crippen LogP contribution < -0.4 is 0 Å². The lowest BCUT2D eigenvalue weighted by atomic mass is 10.5. The van der Waals surface area contributed by atoms with Gasteiger partial charge in [-0.3, -0.25) is 0 Å². The number of rotatable bonds is 9. The molecule has 0 aliphatic rings. The summed E-state index contributed by atoms with van der Waals surface area (Å²) in [6.07, 6.45) is 0.834. The maximum Gasteiger partial charge on any atom is 0.216 e. The van der Waals surface area contributed by atoms with E-state index in [2.05, 4.69) is 15.9 Å². The van der Waals surface area contributed by atoms with Crippen LogP contribution in [0.25, 0.3) is 0 Å². The quantitative estimate of drug-likeness (QED) is 0.478. The monoisotopic (exact) mass is 301 g/mol. The first-order valence-electron chi connectivity index (χ1n) is 5.20. The third kappa shape index (κ3) is 6.50. The number of hydrogen-bond acceptors (Lipinski definition) is 3. The minimum atomic E-state index is -3.14. The number of halogens is 1. The molecule has 0 atom stereocenters. The van der Waals surface area contributed by atoms with Crippen molar-refractivity contribution in [2.75, 3.05) is 37.4 Å². The fourth-order valence-electron chi connectivity index (χ4n) is 1.17. The van der Waals surface area contributed by atoms with Crippen molar-refractivity contribution in [3.63, 3.8) is 0 Å². The summed E-state index contributed by atoms with van der Waals surface area (Å²) >= 11 is 3.26. The largest absolute Gasteiger partial charge is 0.381 e. The fraction of sp³-hybridized carbons (Fsp3) is 1.00. The molecule has 0 rings (SSSR count). The van der Waals surface area contributed by atoms with Crippen LogP contribution in [0, 0.1) is 0 Å². The molecular formula is C9H20BrNO3S. The van der Waals surface area contributed by atoms with Gasteiger partial charge in [-0.05, 0) is 13.3 Å². The average molecular weight is 302 g/mol. The molecule has 0 spiro atoms. The molecule has 0 saturated carbocycles. The van der Waals surface area contributed by atoms with Crippen LogP contribution >= 0.6 is 15.9 Å². The first-order valence-corrected chi connectivity index (χ1v) is 7.93. The molecule has 0 unspecified atom stereocenters. The first kappa shape index (κ1) is 15.3. The van der Waals surface area contributed by atoms with Crippen LogP contribution in [0.5, 0.6) is 0 Å². The lowest BCUT2D eigenvalue weighted by Crippen LogP contribution is -2.36. The van der Waals surface area contributed by atoms with Gasteiger partial charge in [0.05, 0.1) is 12.4 Å². The Bertz CT molecular complexity index is 238. The Morgan fingerprint density at radius 3 is 2.40 bits per heavy atom. The molecule has 0 heterocycles. The van der Waals surface area contributed by atoms with Gasteiger partial charge in [-0.15, -0.1) is 0 Å². The Kier molecular flexibility index (Phi) is 8.69. The summed E-state index contributed by atoms with van der Waals surface area (Å²) in [7, 11) is -3.14. The average Bonchev–Trinajstić information content (AvgIpc) is 2.18. The van der Waals surface area contributed by atoms with E-state index < -0.39 is 10.0 Å². The molecule has 0 radical (unpaired) electrons. The van der Waals surface area contributed by atoms with E-state index in [-0.39, 0.29) is 12.4 Å².